The van der Waals surface area contributed by atoms with Gasteiger partial charge in [0.15, 0.2) is 11.9 Å². The van der Waals surface area contributed by atoms with E-state index in [1.807, 2.05) is 6.92 Å². The van der Waals surface area contributed by atoms with Gasteiger partial charge < -0.3 is 30.1 Å². The van der Waals surface area contributed by atoms with Gasteiger partial charge in [-0.05, 0) is 105 Å². The molecule has 1 saturated carbocycles. The van der Waals surface area contributed by atoms with E-state index in [0.717, 1.165) is 41.2 Å². The number of hydrogen-bond acceptors (Lipinski definition) is 10. The zero-order chi connectivity index (χ0) is 43.0. The number of ether oxygens (including phenoxy) is 1. The number of rotatable bonds is 11. The maximum atomic E-state index is 15.7. The van der Waals surface area contributed by atoms with E-state index in [9.17, 15) is 32.9 Å². The number of alkyl halides is 1. The summed E-state index contributed by atoms with van der Waals surface area (Å²) >= 11 is 1.18. The Bertz CT molecular complexity index is 2270. The van der Waals surface area contributed by atoms with Gasteiger partial charge in [-0.25, -0.2) is 13.9 Å². The number of benzene rings is 2. The fourth-order valence-electron chi connectivity index (χ4n) is 7.17. The van der Waals surface area contributed by atoms with Crippen molar-refractivity contribution in [1.82, 2.24) is 15.0 Å². The van der Waals surface area contributed by atoms with E-state index in [1.54, 1.807) is 42.5 Å². The number of urea groups is 1. The van der Waals surface area contributed by atoms with Crippen molar-refractivity contribution in [3.05, 3.63) is 94.6 Å². The number of amides is 5. The quantitative estimate of drug-likeness (QED) is 0.0834. The third-order valence-corrected chi connectivity index (χ3v) is 13.7. The Morgan fingerprint density at radius 3 is 2.46 bits per heavy atom. The number of para-hydroxylation sites is 1. The number of thiophene rings is 1. The Morgan fingerprint density at radius 2 is 1.79 bits per heavy atom. The Kier molecular flexibility index (Phi) is 16.4. The fraction of sp³-hybridized carbons (Fsp3) is 0.429. The predicted molar refractivity (Wildman–Crippen MR) is 223 cm³/mol. The number of pyridine rings is 1. The van der Waals surface area contributed by atoms with Crippen LogP contribution >= 0.6 is 18.9 Å². The SMILES string of the molecule is CCCOC(=O)C(C)NP(=O)(Oc1ccccc1)C(F)c1ccc2sc(C(N)=O)cc2c1.O=C1CCCCC[C@H]2CCCN12.O=C1[N-]C2(CC2)C(=O)N1c1cncc(F)c1.[W]. The maximum Gasteiger partial charge on any atom is 0.355 e. The molecule has 1 aliphatic carbocycles. The molecule has 14 nitrogen and oxygen atoms in total. The van der Waals surface area contributed by atoms with Crippen LogP contribution < -0.4 is 20.2 Å². The molecule has 3 saturated heterocycles. The summed E-state index contributed by atoms with van der Waals surface area (Å²) in [6.45, 7) is 4.51. The summed E-state index contributed by atoms with van der Waals surface area (Å²) in [5.41, 5.74) is 4.70. The summed E-state index contributed by atoms with van der Waals surface area (Å²) in [5.74, 6) is -3.69. The third kappa shape index (κ3) is 11.7. The zero-order valence-electron chi connectivity index (χ0n) is 33.8. The average molecular weight is 1050 g/mol. The molecule has 0 radical (unpaired) electrons. The normalized spacial score (nSPS) is 19.6. The second-order valence-electron chi connectivity index (χ2n) is 15.0. The first kappa shape index (κ1) is 47.5. The van der Waals surface area contributed by atoms with Crippen LogP contribution in [0.1, 0.15) is 99.2 Å². The zero-order valence-corrected chi connectivity index (χ0v) is 38.4. The van der Waals surface area contributed by atoms with Crippen LogP contribution in [0.25, 0.3) is 15.4 Å². The van der Waals surface area contributed by atoms with E-state index in [-0.39, 0.29) is 50.6 Å². The summed E-state index contributed by atoms with van der Waals surface area (Å²) < 4.78 is 53.8. The summed E-state index contributed by atoms with van der Waals surface area (Å²) in [6, 6.07) is 14.3. The van der Waals surface area contributed by atoms with Gasteiger partial charge in [-0.1, -0.05) is 44.0 Å². The minimum Gasteiger partial charge on any atom is -0.465 e. The van der Waals surface area contributed by atoms with Crippen LogP contribution in [0, 0.1) is 5.82 Å². The molecule has 4 aromatic rings. The number of imide groups is 1. The molecule has 4 fully saturated rings. The first-order valence-corrected chi connectivity index (χ1v) is 22.5. The molecule has 4 aliphatic rings. The molecule has 5 amide bonds. The van der Waals surface area contributed by atoms with E-state index in [0.29, 0.717) is 41.5 Å². The van der Waals surface area contributed by atoms with Gasteiger partial charge >= 0.3 is 13.5 Å². The van der Waals surface area contributed by atoms with Gasteiger partial charge in [0.2, 0.25) is 11.8 Å². The van der Waals surface area contributed by atoms with E-state index in [4.69, 9.17) is 15.0 Å². The van der Waals surface area contributed by atoms with Crippen molar-refractivity contribution >= 4 is 64.4 Å². The van der Waals surface area contributed by atoms with Crippen LogP contribution in [0.2, 0.25) is 0 Å². The van der Waals surface area contributed by atoms with Crippen molar-refractivity contribution in [3.8, 4) is 5.75 Å². The standard InChI is InChI=1S/C22H24FN2O5PS.C10H8FN3O2.C10H17NO.W/c1-3-11-29-22(27)14(2)25-31(28,30-17-7-5-4-6-8-17)20(23)15-9-10-18-16(12-15)13-19(32-18)21(24)26;11-6-3-7(5-12-4-6)14-8(15)10(1-2-10)13-9(14)16;12-10-7-3-1-2-5-9-6-4-8-11(9)10;/h4-10,12-14,20H,3,11H2,1-2H3,(H2,24,26)(H,25,28);3-5H,1-2H2,(H,13,16);9H,1-8H2;/p-1/t;;9-;/m..0./s1. The number of halogens is 2. The molecule has 19 heteroatoms. The number of carbonyl (C=O) groups excluding carboxylic acids is 5. The van der Waals surface area contributed by atoms with Crippen LogP contribution in [0.3, 0.4) is 0 Å². The maximum absolute atomic E-state index is 15.7. The summed E-state index contributed by atoms with van der Waals surface area (Å²) in [5, 5.41) is 6.91. The van der Waals surface area contributed by atoms with Crippen molar-refractivity contribution in [2.75, 3.05) is 18.1 Å². The van der Waals surface area contributed by atoms with Crippen LogP contribution in [0.5, 0.6) is 5.75 Å². The second-order valence-corrected chi connectivity index (χ2v) is 18.2. The molecule has 1 spiro atoms. The van der Waals surface area contributed by atoms with E-state index >= 15 is 4.39 Å². The largest absolute Gasteiger partial charge is 0.465 e. The number of aromatic nitrogens is 1. The Labute approximate surface area is 371 Å². The molecule has 2 aromatic carbocycles. The molecule has 2 aromatic heterocycles. The van der Waals surface area contributed by atoms with Gasteiger partial charge in [-0.2, -0.15) is 0 Å². The Balaban J connectivity index is 0.000000199. The van der Waals surface area contributed by atoms with Crippen LogP contribution in [0.15, 0.2) is 73.1 Å². The number of nitrogens with zero attached hydrogens (tertiary/aromatic N) is 4. The van der Waals surface area contributed by atoms with E-state index in [1.165, 1.54) is 68.7 Å². The number of fused-ring (bicyclic) bond motifs is 2. The minimum atomic E-state index is -4.29. The summed E-state index contributed by atoms with van der Waals surface area (Å²) in [7, 11) is -4.29. The molecular formula is C42H48F2N6O8PSW-. The third-order valence-electron chi connectivity index (χ3n) is 10.4. The fourth-order valence-corrected chi connectivity index (χ4v) is 9.97. The van der Waals surface area contributed by atoms with Crippen molar-refractivity contribution in [3.63, 3.8) is 0 Å². The Morgan fingerprint density at radius 1 is 1.05 bits per heavy atom. The average Bonchev–Trinajstić information content (AvgIpc) is 3.52. The van der Waals surface area contributed by atoms with Gasteiger partial charge in [0.25, 0.3) is 5.91 Å². The number of nitrogens with two attached hydrogens (primary N) is 1. The number of primary amides is 1. The van der Waals surface area contributed by atoms with Crippen molar-refractivity contribution in [1.29, 1.82) is 0 Å². The smallest absolute Gasteiger partial charge is 0.355 e. The monoisotopic (exact) mass is 1050 g/mol. The number of hydrogen-bond donors (Lipinski definition) is 2. The first-order valence-electron chi connectivity index (χ1n) is 20.0. The summed E-state index contributed by atoms with van der Waals surface area (Å²) in [6.07, 6.45) is 12.3. The molecule has 8 rings (SSSR count). The van der Waals surface area contributed by atoms with Crippen LogP contribution in [-0.4, -0.2) is 70.4 Å². The van der Waals surface area contributed by atoms with Crippen molar-refractivity contribution < 1.29 is 67.6 Å². The number of nitrogens with one attached hydrogen (secondary N) is 1. The van der Waals surface area contributed by atoms with E-state index < -0.39 is 48.7 Å². The molecule has 0 bridgehead atoms. The molecule has 61 heavy (non-hydrogen) atoms. The van der Waals surface area contributed by atoms with Crippen molar-refractivity contribution in [2.24, 2.45) is 5.73 Å². The molecule has 3 N–H and O–H groups in total. The molecular weight excluding hydrogens is 1000 g/mol. The van der Waals surface area contributed by atoms with Gasteiger partial charge in [-0.3, -0.25) is 33.5 Å². The van der Waals surface area contributed by atoms with Crippen molar-refractivity contribution in [2.45, 2.75) is 102 Å². The molecule has 5 heterocycles. The van der Waals surface area contributed by atoms with Gasteiger partial charge in [0.1, 0.15) is 17.6 Å². The molecule has 3 aliphatic heterocycles. The molecule has 326 valence electrons. The number of esters is 1. The number of anilines is 1. The topological polar surface area (TPSA) is 192 Å². The van der Waals surface area contributed by atoms with Gasteiger partial charge in [-0.15, -0.1) is 11.3 Å². The molecule has 3 unspecified atom stereocenters. The van der Waals surface area contributed by atoms with Gasteiger partial charge in [0.05, 0.1) is 17.7 Å². The Hall–Kier alpha value is -4.56. The number of carbonyl (C=O) groups is 5. The van der Waals surface area contributed by atoms with Crippen LogP contribution in [-0.2, 0) is 44.8 Å². The first-order chi connectivity index (χ1) is 28.7. The molecule has 4 atom stereocenters. The van der Waals surface area contributed by atoms with Crippen LogP contribution in [0.4, 0.5) is 19.3 Å². The van der Waals surface area contributed by atoms with E-state index in [2.05, 4.69) is 20.3 Å². The van der Waals surface area contributed by atoms with Gasteiger partial charge in [0, 0.05) is 56.5 Å². The minimum absolute atomic E-state index is 0. The predicted octanol–water partition coefficient (Wildman–Crippen LogP) is 8.70. The summed E-state index contributed by atoms with van der Waals surface area (Å²) in [4.78, 5) is 65.6. The second kappa shape index (κ2) is 21.0.